The highest BCUT2D eigenvalue weighted by Gasteiger charge is 2.29. The van der Waals surface area contributed by atoms with E-state index in [2.05, 4.69) is 20.8 Å². The molecule has 0 aromatic heterocycles. The summed E-state index contributed by atoms with van der Waals surface area (Å²) in [4.78, 5) is 2.19. The van der Waals surface area contributed by atoms with E-state index < -0.39 is 0 Å². The highest BCUT2D eigenvalue weighted by Crippen LogP contribution is 2.34. The van der Waals surface area contributed by atoms with Crippen LogP contribution in [0.3, 0.4) is 0 Å². The molecule has 1 aromatic carbocycles. The van der Waals surface area contributed by atoms with Crippen molar-refractivity contribution in [3.63, 3.8) is 0 Å². The summed E-state index contributed by atoms with van der Waals surface area (Å²) in [5.74, 6) is 0. The fraction of sp³-hybridized carbons (Fsp3) is 0.500. The molecule has 0 amide bonds. The largest absolute Gasteiger partial charge is 0.395 e. The van der Waals surface area contributed by atoms with Crippen molar-refractivity contribution < 1.29 is 10.2 Å². The average molecular weight is 286 g/mol. The molecule has 3 nitrogen and oxygen atoms in total. The molecule has 0 bridgehead atoms. The van der Waals surface area contributed by atoms with Gasteiger partial charge in [0.25, 0.3) is 0 Å². The first-order valence-corrected chi connectivity index (χ1v) is 6.32. The molecule has 1 fully saturated rings. The van der Waals surface area contributed by atoms with Gasteiger partial charge in [-0.05, 0) is 31.0 Å². The van der Waals surface area contributed by atoms with Crippen molar-refractivity contribution in [1.82, 2.24) is 0 Å². The van der Waals surface area contributed by atoms with Gasteiger partial charge in [-0.15, -0.1) is 0 Å². The van der Waals surface area contributed by atoms with E-state index in [4.69, 9.17) is 5.11 Å². The second-order valence-electron chi connectivity index (χ2n) is 4.08. The first-order chi connectivity index (χ1) is 7.76. The summed E-state index contributed by atoms with van der Waals surface area (Å²) >= 11 is 3.40. The van der Waals surface area contributed by atoms with Crippen LogP contribution < -0.4 is 4.90 Å². The molecule has 0 atom stereocenters. The third-order valence-electron chi connectivity index (χ3n) is 2.85. The van der Waals surface area contributed by atoms with Gasteiger partial charge in [0.2, 0.25) is 0 Å². The predicted molar refractivity (Wildman–Crippen MR) is 67.5 cm³/mol. The number of hydrogen-bond donors (Lipinski definition) is 2. The first-order valence-electron chi connectivity index (χ1n) is 5.53. The van der Waals surface area contributed by atoms with Crippen LogP contribution in [0.25, 0.3) is 0 Å². The minimum absolute atomic E-state index is 0.0312. The molecule has 0 unspecified atom stereocenters. The van der Waals surface area contributed by atoms with Crippen molar-refractivity contribution in [2.24, 2.45) is 0 Å². The molecule has 0 heterocycles. The fourth-order valence-electron chi connectivity index (χ4n) is 1.95. The number of halogens is 1. The molecule has 88 valence electrons. The number of rotatable bonds is 5. The van der Waals surface area contributed by atoms with Gasteiger partial charge < -0.3 is 15.1 Å². The van der Waals surface area contributed by atoms with Gasteiger partial charge >= 0.3 is 0 Å². The number of benzene rings is 1. The second kappa shape index (κ2) is 5.17. The van der Waals surface area contributed by atoms with Crippen LogP contribution in [0.2, 0.25) is 0 Å². The smallest absolute Gasteiger partial charge is 0.0702 e. The Morgan fingerprint density at radius 1 is 1.31 bits per heavy atom. The van der Waals surface area contributed by atoms with Gasteiger partial charge in [0.05, 0.1) is 13.2 Å². The molecular weight excluding hydrogens is 270 g/mol. The quantitative estimate of drug-likeness (QED) is 0.869. The van der Waals surface area contributed by atoms with Crippen LogP contribution in [-0.4, -0.2) is 29.4 Å². The molecule has 0 spiro atoms. The highest BCUT2D eigenvalue weighted by molar-refractivity contribution is 9.10. The van der Waals surface area contributed by atoms with Crippen LogP contribution in [0.1, 0.15) is 18.4 Å². The van der Waals surface area contributed by atoms with Gasteiger partial charge in [0, 0.05) is 28.3 Å². The summed E-state index contributed by atoms with van der Waals surface area (Å²) in [6.07, 6.45) is 2.36. The monoisotopic (exact) mass is 285 g/mol. The standard InChI is InChI=1S/C12H16BrNO2/c13-10-1-4-12(9(7-10)8-16)14(5-6-15)11-2-3-11/h1,4,7,11,15-16H,2-3,5-6,8H2. The molecule has 1 saturated carbocycles. The van der Waals surface area contributed by atoms with Crippen LogP contribution in [0.15, 0.2) is 22.7 Å². The van der Waals surface area contributed by atoms with Crippen LogP contribution >= 0.6 is 15.9 Å². The molecule has 4 heteroatoms. The summed E-state index contributed by atoms with van der Waals surface area (Å²) < 4.78 is 0.972. The lowest BCUT2D eigenvalue weighted by atomic mass is 10.1. The Bertz CT molecular complexity index is 366. The van der Waals surface area contributed by atoms with Gasteiger partial charge in [-0.2, -0.15) is 0 Å². The number of anilines is 1. The van der Waals surface area contributed by atoms with Gasteiger partial charge in [-0.1, -0.05) is 15.9 Å². The Balaban J connectivity index is 2.28. The van der Waals surface area contributed by atoms with Crippen molar-refractivity contribution in [3.05, 3.63) is 28.2 Å². The molecule has 2 N–H and O–H groups in total. The number of aliphatic hydroxyl groups is 2. The molecule has 16 heavy (non-hydrogen) atoms. The van der Waals surface area contributed by atoms with E-state index in [1.165, 1.54) is 12.8 Å². The molecule has 2 rings (SSSR count). The van der Waals surface area contributed by atoms with Crippen molar-refractivity contribution >= 4 is 21.6 Å². The summed E-state index contributed by atoms with van der Waals surface area (Å²) in [6.45, 7) is 0.820. The molecule has 1 aromatic rings. The van der Waals surface area contributed by atoms with Crippen molar-refractivity contribution in [2.45, 2.75) is 25.5 Å². The zero-order chi connectivity index (χ0) is 11.5. The Morgan fingerprint density at radius 3 is 2.62 bits per heavy atom. The van der Waals surface area contributed by atoms with Gasteiger partial charge in [0.15, 0.2) is 0 Å². The van der Waals surface area contributed by atoms with E-state index in [9.17, 15) is 5.11 Å². The summed E-state index contributed by atoms with van der Waals surface area (Å²) in [6, 6.07) is 6.45. The lowest BCUT2D eigenvalue weighted by Crippen LogP contribution is -2.29. The third kappa shape index (κ3) is 2.56. The summed E-state index contributed by atoms with van der Waals surface area (Å²) in [7, 11) is 0. The Hall–Kier alpha value is -0.580. The molecule has 1 aliphatic carbocycles. The number of nitrogens with zero attached hydrogens (tertiary/aromatic N) is 1. The lowest BCUT2D eigenvalue weighted by molar-refractivity contribution is 0.280. The molecule has 0 radical (unpaired) electrons. The van der Waals surface area contributed by atoms with Crippen LogP contribution in [0.4, 0.5) is 5.69 Å². The van der Waals surface area contributed by atoms with E-state index in [-0.39, 0.29) is 13.2 Å². The maximum absolute atomic E-state index is 9.35. The number of hydrogen-bond acceptors (Lipinski definition) is 3. The zero-order valence-electron chi connectivity index (χ0n) is 9.06. The molecule has 0 saturated heterocycles. The van der Waals surface area contributed by atoms with Crippen molar-refractivity contribution in [3.8, 4) is 0 Å². The topological polar surface area (TPSA) is 43.7 Å². The third-order valence-corrected chi connectivity index (χ3v) is 3.34. The predicted octanol–water partition coefficient (Wildman–Crippen LogP) is 1.90. The number of aliphatic hydroxyl groups excluding tert-OH is 2. The Kier molecular flexibility index (Phi) is 3.84. The van der Waals surface area contributed by atoms with E-state index >= 15 is 0 Å². The highest BCUT2D eigenvalue weighted by atomic mass is 79.9. The van der Waals surface area contributed by atoms with Crippen molar-refractivity contribution in [1.29, 1.82) is 0 Å². The van der Waals surface area contributed by atoms with Gasteiger partial charge in [-0.25, -0.2) is 0 Å². The minimum Gasteiger partial charge on any atom is -0.395 e. The summed E-state index contributed by atoms with van der Waals surface area (Å²) in [5, 5.41) is 18.4. The van der Waals surface area contributed by atoms with Crippen molar-refractivity contribution in [2.75, 3.05) is 18.1 Å². The SMILES string of the molecule is OCCN(c1ccc(Br)cc1CO)C1CC1. The maximum atomic E-state index is 9.35. The maximum Gasteiger partial charge on any atom is 0.0702 e. The van der Waals surface area contributed by atoms with Crippen LogP contribution in [-0.2, 0) is 6.61 Å². The molecule has 0 aliphatic heterocycles. The Morgan fingerprint density at radius 2 is 2.06 bits per heavy atom. The summed E-state index contributed by atoms with van der Waals surface area (Å²) in [5.41, 5.74) is 1.96. The zero-order valence-corrected chi connectivity index (χ0v) is 10.7. The van der Waals surface area contributed by atoms with E-state index in [0.717, 1.165) is 15.7 Å². The van der Waals surface area contributed by atoms with E-state index in [1.807, 2.05) is 18.2 Å². The van der Waals surface area contributed by atoms with Crippen LogP contribution in [0, 0.1) is 0 Å². The second-order valence-corrected chi connectivity index (χ2v) is 4.99. The lowest BCUT2D eigenvalue weighted by Gasteiger charge is -2.26. The van der Waals surface area contributed by atoms with Crippen LogP contribution in [0.5, 0.6) is 0 Å². The molecule has 1 aliphatic rings. The van der Waals surface area contributed by atoms with E-state index in [0.29, 0.717) is 12.6 Å². The normalized spacial score (nSPS) is 15.2. The van der Waals surface area contributed by atoms with E-state index in [1.54, 1.807) is 0 Å². The van der Waals surface area contributed by atoms with Gasteiger partial charge in [-0.3, -0.25) is 0 Å². The van der Waals surface area contributed by atoms with Gasteiger partial charge in [0.1, 0.15) is 0 Å². The first kappa shape index (κ1) is 11.9. The minimum atomic E-state index is 0.0312. The fourth-order valence-corrected chi connectivity index (χ4v) is 2.36. The Labute approximate surface area is 104 Å². The average Bonchev–Trinajstić information content (AvgIpc) is 3.10. The molecular formula is C12H16BrNO2.